The van der Waals surface area contributed by atoms with Crippen LogP contribution in [0.5, 0.6) is 5.75 Å². The minimum Gasteiger partial charge on any atom is -0.489 e. The van der Waals surface area contributed by atoms with Gasteiger partial charge >= 0.3 is 0 Å². The first kappa shape index (κ1) is 18.4. The zero-order chi connectivity index (χ0) is 18.1. The minimum atomic E-state index is -0.789. The lowest BCUT2D eigenvalue weighted by molar-refractivity contribution is -0.131. The maximum absolute atomic E-state index is 11.8. The molecule has 0 aromatic heterocycles. The van der Waals surface area contributed by atoms with Crippen LogP contribution in [0.4, 0.5) is 0 Å². The molecule has 25 heavy (non-hydrogen) atoms. The van der Waals surface area contributed by atoms with Gasteiger partial charge in [-0.15, -0.1) is 0 Å². The van der Waals surface area contributed by atoms with Gasteiger partial charge in [-0.2, -0.15) is 0 Å². The van der Waals surface area contributed by atoms with Gasteiger partial charge in [0.1, 0.15) is 12.4 Å². The Bertz CT molecular complexity index is 689. The standard InChI is InChI=1S/C18H21N3O4/c19-16(18(23)20-11-17(22)21-24)10-13-6-8-15(9-7-13)25-12-14-4-2-1-3-5-14/h1-9,16,24H,10-12,19H2,(H,20,23)(H,21,22)/t16-/m0/s1. The Morgan fingerprint density at radius 1 is 1.04 bits per heavy atom. The first-order valence-electron chi connectivity index (χ1n) is 7.80. The molecule has 7 heteroatoms. The summed E-state index contributed by atoms with van der Waals surface area (Å²) in [6.45, 7) is 0.157. The van der Waals surface area contributed by atoms with E-state index in [-0.39, 0.29) is 6.54 Å². The largest absolute Gasteiger partial charge is 0.489 e. The molecule has 0 aliphatic carbocycles. The molecular formula is C18H21N3O4. The maximum Gasteiger partial charge on any atom is 0.262 e. The van der Waals surface area contributed by atoms with Crippen molar-refractivity contribution < 1.29 is 19.5 Å². The number of benzene rings is 2. The van der Waals surface area contributed by atoms with Crippen molar-refractivity contribution in [2.45, 2.75) is 19.1 Å². The van der Waals surface area contributed by atoms with E-state index in [0.29, 0.717) is 13.0 Å². The van der Waals surface area contributed by atoms with Gasteiger partial charge in [0.05, 0.1) is 12.6 Å². The fourth-order valence-electron chi connectivity index (χ4n) is 2.15. The number of nitrogens with one attached hydrogen (secondary N) is 2. The highest BCUT2D eigenvalue weighted by Gasteiger charge is 2.14. The number of hydroxylamine groups is 1. The molecule has 0 fully saturated rings. The Morgan fingerprint density at radius 3 is 2.36 bits per heavy atom. The molecule has 2 aromatic rings. The van der Waals surface area contributed by atoms with Crippen LogP contribution in [-0.4, -0.2) is 29.6 Å². The summed E-state index contributed by atoms with van der Waals surface area (Å²) < 4.78 is 5.70. The molecule has 0 heterocycles. The summed E-state index contributed by atoms with van der Waals surface area (Å²) in [5, 5.41) is 10.7. The Balaban J connectivity index is 1.81. The van der Waals surface area contributed by atoms with E-state index in [1.807, 2.05) is 54.6 Å². The Hall–Kier alpha value is -2.90. The molecule has 0 unspecified atom stereocenters. The number of hydrogen-bond donors (Lipinski definition) is 4. The summed E-state index contributed by atoms with van der Waals surface area (Å²) in [6.07, 6.45) is 0.325. The molecule has 0 radical (unpaired) electrons. The number of nitrogens with two attached hydrogens (primary N) is 1. The third kappa shape index (κ3) is 6.25. The molecule has 7 nitrogen and oxygen atoms in total. The highest BCUT2D eigenvalue weighted by atomic mass is 16.5. The van der Waals surface area contributed by atoms with Crippen molar-refractivity contribution >= 4 is 11.8 Å². The van der Waals surface area contributed by atoms with Gasteiger partial charge in [-0.3, -0.25) is 14.8 Å². The zero-order valence-electron chi connectivity index (χ0n) is 13.6. The van der Waals surface area contributed by atoms with E-state index in [1.165, 1.54) is 5.48 Å². The third-order valence-corrected chi connectivity index (χ3v) is 3.51. The molecule has 2 amide bonds. The molecule has 5 N–H and O–H groups in total. The lowest BCUT2D eigenvalue weighted by Gasteiger charge is -2.12. The molecule has 2 rings (SSSR count). The van der Waals surface area contributed by atoms with E-state index in [1.54, 1.807) is 0 Å². The van der Waals surface area contributed by atoms with E-state index in [4.69, 9.17) is 15.7 Å². The molecule has 0 saturated heterocycles. The lowest BCUT2D eigenvalue weighted by atomic mass is 10.1. The van der Waals surface area contributed by atoms with Crippen molar-refractivity contribution in [3.63, 3.8) is 0 Å². The van der Waals surface area contributed by atoms with Crippen molar-refractivity contribution in [3.8, 4) is 5.75 Å². The number of rotatable bonds is 8. The molecular weight excluding hydrogens is 322 g/mol. The van der Waals surface area contributed by atoms with E-state index in [0.717, 1.165) is 16.9 Å². The monoisotopic (exact) mass is 343 g/mol. The number of amides is 2. The van der Waals surface area contributed by atoms with Crippen molar-refractivity contribution in [2.24, 2.45) is 5.73 Å². The molecule has 0 spiro atoms. The molecule has 0 bridgehead atoms. The molecule has 0 aliphatic rings. The Labute approximate surface area is 145 Å². The highest BCUT2D eigenvalue weighted by molar-refractivity contribution is 5.87. The Kier molecular flexibility index (Phi) is 6.94. The first-order chi connectivity index (χ1) is 12.1. The summed E-state index contributed by atoms with van der Waals surface area (Å²) in [7, 11) is 0. The zero-order valence-corrected chi connectivity index (χ0v) is 13.6. The average molecular weight is 343 g/mol. The van der Waals surface area contributed by atoms with Crippen LogP contribution in [0.25, 0.3) is 0 Å². The maximum atomic E-state index is 11.8. The van der Waals surface area contributed by atoms with Crippen LogP contribution < -0.4 is 21.3 Å². The van der Waals surface area contributed by atoms with Crippen molar-refractivity contribution in [1.82, 2.24) is 10.8 Å². The molecule has 0 saturated carbocycles. The van der Waals surface area contributed by atoms with Gasteiger partial charge in [0.2, 0.25) is 5.91 Å². The first-order valence-corrected chi connectivity index (χ1v) is 7.80. The van der Waals surface area contributed by atoms with Crippen LogP contribution in [-0.2, 0) is 22.6 Å². The topological polar surface area (TPSA) is 114 Å². The Morgan fingerprint density at radius 2 is 1.72 bits per heavy atom. The van der Waals surface area contributed by atoms with Crippen molar-refractivity contribution in [2.75, 3.05) is 6.54 Å². The number of carbonyl (C=O) groups excluding carboxylic acids is 2. The van der Waals surface area contributed by atoms with Gasteiger partial charge in [0.15, 0.2) is 0 Å². The molecule has 1 atom stereocenters. The lowest BCUT2D eigenvalue weighted by Crippen LogP contribution is -2.45. The molecule has 132 valence electrons. The van der Waals surface area contributed by atoms with E-state index in [9.17, 15) is 9.59 Å². The van der Waals surface area contributed by atoms with E-state index in [2.05, 4.69) is 5.32 Å². The van der Waals surface area contributed by atoms with Gasteiger partial charge in [-0.25, -0.2) is 5.48 Å². The van der Waals surface area contributed by atoms with Gasteiger partial charge in [-0.1, -0.05) is 42.5 Å². The summed E-state index contributed by atoms with van der Waals surface area (Å²) in [5.41, 5.74) is 9.20. The second-order valence-corrected chi connectivity index (χ2v) is 5.48. The van der Waals surface area contributed by atoms with Crippen LogP contribution in [0.15, 0.2) is 54.6 Å². The summed E-state index contributed by atoms with van der Waals surface area (Å²) in [5.74, 6) is -0.446. The number of hydrogen-bond acceptors (Lipinski definition) is 5. The van der Waals surface area contributed by atoms with Crippen LogP contribution in [0.2, 0.25) is 0 Å². The van der Waals surface area contributed by atoms with Gasteiger partial charge in [0, 0.05) is 0 Å². The van der Waals surface area contributed by atoms with Crippen LogP contribution in [0, 0.1) is 0 Å². The normalized spacial score (nSPS) is 11.4. The fraction of sp³-hybridized carbons (Fsp3) is 0.222. The quantitative estimate of drug-likeness (QED) is 0.417. The van der Waals surface area contributed by atoms with Crippen molar-refractivity contribution in [1.29, 1.82) is 0 Å². The van der Waals surface area contributed by atoms with Crippen LogP contribution in [0.1, 0.15) is 11.1 Å². The van der Waals surface area contributed by atoms with Gasteiger partial charge < -0.3 is 15.8 Å². The van der Waals surface area contributed by atoms with Gasteiger partial charge in [-0.05, 0) is 29.7 Å². The SMILES string of the molecule is N[C@@H](Cc1ccc(OCc2ccccc2)cc1)C(=O)NCC(=O)NO. The summed E-state index contributed by atoms with van der Waals surface area (Å²) in [6, 6.07) is 16.4. The highest BCUT2D eigenvalue weighted by Crippen LogP contribution is 2.15. The third-order valence-electron chi connectivity index (χ3n) is 3.51. The van der Waals surface area contributed by atoms with E-state index < -0.39 is 17.9 Å². The molecule has 0 aliphatic heterocycles. The van der Waals surface area contributed by atoms with Crippen LogP contribution >= 0.6 is 0 Å². The minimum absolute atomic E-state index is 0.324. The van der Waals surface area contributed by atoms with Crippen molar-refractivity contribution in [3.05, 3.63) is 65.7 Å². The average Bonchev–Trinajstić information content (AvgIpc) is 2.66. The number of ether oxygens (including phenoxy) is 1. The van der Waals surface area contributed by atoms with Crippen LogP contribution in [0.3, 0.4) is 0 Å². The van der Waals surface area contributed by atoms with Gasteiger partial charge in [0.25, 0.3) is 5.91 Å². The second kappa shape index (κ2) is 9.41. The number of carbonyl (C=O) groups is 2. The predicted octanol–water partition coefficient (Wildman–Crippen LogP) is 0.757. The van der Waals surface area contributed by atoms with E-state index >= 15 is 0 Å². The predicted molar refractivity (Wildman–Crippen MR) is 91.8 cm³/mol. The smallest absolute Gasteiger partial charge is 0.262 e. The fourth-order valence-corrected chi connectivity index (χ4v) is 2.15. The molecule has 2 aromatic carbocycles. The summed E-state index contributed by atoms with van der Waals surface area (Å²) >= 11 is 0. The summed E-state index contributed by atoms with van der Waals surface area (Å²) in [4.78, 5) is 22.6. The second-order valence-electron chi connectivity index (χ2n) is 5.48.